The molecule has 190 valence electrons. The summed E-state index contributed by atoms with van der Waals surface area (Å²) in [5.41, 5.74) is 9.96. The summed E-state index contributed by atoms with van der Waals surface area (Å²) in [6.07, 6.45) is 7.40. The number of nitrogens with one attached hydrogen (secondary N) is 1. The smallest absolute Gasteiger partial charge is 0.250 e. The molecule has 1 saturated heterocycles. The van der Waals surface area contributed by atoms with Crippen molar-refractivity contribution in [1.82, 2.24) is 25.1 Å². The number of nitrogens with zero attached hydrogens (tertiary/aromatic N) is 6. The Morgan fingerprint density at radius 1 is 1.17 bits per heavy atom. The molecule has 1 fully saturated rings. The van der Waals surface area contributed by atoms with E-state index in [9.17, 15) is 8.78 Å². The first kappa shape index (κ1) is 25.6. The molecule has 0 bridgehead atoms. The summed E-state index contributed by atoms with van der Waals surface area (Å²) in [6, 6.07) is 7.63. The molecule has 1 aliphatic rings. The van der Waals surface area contributed by atoms with Crippen LogP contribution in [0.5, 0.6) is 0 Å². The van der Waals surface area contributed by atoms with Gasteiger partial charge in [-0.3, -0.25) is 9.98 Å². The van der Waals surface area contributed by atoms with Crippen LogP contribution >= 0.6 is 0 Å². The predicted octanol–water partition coefficient (Wildman–Crippen LogP) is 4.78. The Morgan fingerprint density at radius 3 is 2.72 bits per heavy atom. The van der Waals surface area contributed by atoms with Crippen molar-refractivity contribution in [3.8, 4) is 0 Å². The molecule has 8 nitrogen and oxygen atoms in total. The highest BCUT2D eigenvalue weighted by Crippen LogP contribution is 2.27. The van der Waals surface area contributed by atoms with Gasteiger partial charge in [-0.05, 0) is 48.7 Å². The second kappa shape index (κ2) is 11.5. The third-order valence-corrected chi connectivity index (χ3v) is 6.23. The molecule has 0 radical (unpaired) electrons. The first-order chi connectivity index (χ1) is 17.3. The van der Waals surface area contributed by atoms with Gasteiger partial charge in [0.2, 0.25) is 0 Å². The SMILES string of the molecule is CC(C)c1cnnc(Nc2ccc3ncc(C(C=NCCCN4CCC(F)(F)CC4)=CN)cc3n2)c1. The Kier molecular flexibility index (Phi) is 8.14. The second-order valence-electron chi connectivity index (χ2n) is 9.32. The Balaban J connectivity index is 1.38. The van der Waals surface area contributed by atoms with Crippen molar-refractivity contribution in [3.63, 3.8) is 0 Å². The number of hydrogen-bond acceptors (Lipinski definition) is 8. The van der Waals surface area contributed by atoms with Crippen LogP contribution in [0.2, 0.25) is 0 Å². The van der Waals surface area contributed by atoms with E-state index < -0.39 is 5.92 Å². The highest BCUT2D eigenvalue weighted by molar-refractivity contribution is 6.10. The third kappa shape index (κ3) is 6.78. The number of aliphatic imine (C=N–C) groups is 1. The maximum atomic E-state index is 13.3. The van der Waals surface area contributed by atoms with Crippen LogP contribution in [-0.4, -0.2) is 63.4 Å². The van der Waals surface area contributed by atoms with Crippen LogP contribution in [0.3, 0.4) is 0 Å². The number of fused-ring (bicyclic) bond motifs is 1. The standard InChI is InChI=1S/C26H32F2N8/c1-18(2)19-13-25(35-32-17-19)34-24-5-4-22-23(33-24)12-20(16-31-22)21(14-29)15-30-8-3-9-36-10-6-26(27,28)7-11-36/h4-5,12-18H,3,6-11,29H2,1-2H3,(H,33,34,35). The van der Waals surface area contributed by atoms with E-state index in [1.165, 1.54) is 6.20 Å². The molecular formula is C26H32F2N8. The molecular weight excluding hydrogens is 462 g/mol. The van der Waals surface area contributed by atoms with Crippen LogP contribution in [0.25, 0.3) is 16.6 Å². The van der Waals surface area contributed by atoms with Crippen molar-refractivity contribution in [3.05, 3.63) is 54.0 Å². The summed E-state index contributed by atoms with van der Waals surface area (Å²) >= 11 is 0. The maximum Gasteiger partial charge on any atom is 0.250 e. The summed E-state index contributed by atoms with van der Waals surface area (Å²) < 4.78 is 26.6. The molecule has 36 heavy (non-hydrogen) atoms. The van der Waals surface area contributed by atoms with E-state index in [4.69, 9.17) is 5.73 Å². The van der Waals surface area contributed by atoms with E-state index in [0.717, 1.165) is 35.2 Å². The Bertz CT molecular complexity index is 1230. The second-order valence-corrected chi connectivity index (χ2v) is 9.32. The van der Waals surface area contributed by atoms with Gasteiger partial charge in [0.1, 0.15) is 5.82 Å². The molecule has 0 atom stereocenters. The normalized spacial score (nSPS) is 16.8. The first-order valence-corrected chi connectivity index (χ1v) is 12.2. The fraction of sp³-hybridized carbons (Fsp3) is 0.423. The lowest BCUT2D eigenvalue weighted by Gasteiger charge is -2.31. The summed E-state index contributed by atoms with van der Waals surface area (Å²) in [5, 5.41) is 11.4. The number of hydrogen-bond donors (Lipinski definition) is 2. The quantitative estimate of drug-likeness (QED) is 0.326. The van der Waals surface area contributed by atoms with Gasteiger partial charge in [0.15, 0.2) is 5.82 Å². The Hall–Kier alpha value is -3.53. The summed E-state index contributed by atoms with van der Waals surface area (Å²) in [6.45, 7) is 6.43. The van der Waals surface area contributed by atoms with Crippen LogP contribution < -0.4 is 11.1 Å². The predicted molar refractivity (Wildman–Crippen MR) is 140 cm³/mol. The number of anilines is 2. The van der Waals surface area contributed by atoms with E-state index in [1.807, 2.05) is 24.3 Å². The van der Waals surface area contributed by atoms with Crippen LogP contribution in [0.4, 0.5) is 20.4 Å². The maximum absolute atomic E-state index is 13.3. The lowest BCUT2D eigenvalue weighted by atomic mass is 10.1. The van der Waals surface area contributed by atoms with Crippen LogP contribution in [0.1, 0.15) is 50.2 Å². The summed E-state index contributed by atoms with van der Waals surface area (Å²) in [7, 11) is 0. The molecule has 10 heteroatoms. The molecule has 4 heterocycles. The average Bonchev–Trinajstić information content (AvgIpc) is 2.87. The molecule has 1 aliphatic heterocycles. The molecule has 3 N–H and O–H groups in total. The van der Waals surface area contributed by atoms with Crippen molar-refractivity contribution in [1.29, 1.82) is 0 Å². The van der Waals surface area contributed by atoms with Gasteiger partial charge < -0.3 is 16.0 Å². The fourth-order valence-electron chi connectivity index (χ4n) is 3.99. The number of piperidine rings is 1. The van der Waals surface area contributed by atoms with Gasteiger partial charge in [-0.25, -0.2) is 13.8 Å². The van der Waals surface area contributed by atoms with Crippen LogP contribution in [0, 0.1) is 0 Å². The molecule has 3 aromatic heterocycles. The van der Waals surface area contributed by atoms with Crippen LogP contribution in [-0.2, 0) is 0 Å². The van der Waals surface area contributed by atoms with E-state index in [2.05, 4.69) is 49.2 Å². The van der Waals surface area contributed by atoms with Crippen molar-refractivity contribution in [2.24, 2.45) is 10.7 Å². The number of rotatable bonds is 9. The average molecular weight is 495 g/mol. The van der Waals surface area contributed by atoms with Gasteiger partial charge in [-0.15, -0.1) is 5.10 Å². The third-order valence-electron chi connectivity index (χ3n) is 6.23. The highest BCUT2D eigenvalue weighted by atomic mass is 19.3. The van der Waals surface area contributed by atoms with E-state index >= 15 is 0 Å². The largest absolute Gasteiger partial charge is 0.404 e. The summed E-state index contributed by atoms with van der Waals surface area (Å²) in [4.78, 5) is 15.7. The molecule has 3 aromatic rings. The number of aromatic nitrogens is 4. The molecule has 4 rings (SSSR count). The minimum absolute atomic E-state index is 0.0612. The number of pyridine rings is 2. The van der Waals surface area contributed by atoms with Gasteiger partial charge in [-0.2, -0.15) is 5.10 Å². The van der Waals surface area contributed by atoms with Crippen molar-refractivity contribution < 1.29 is 8.78 Å². The van der Waals surface area contributed by atoms with Crippen molar-refractivity contribution >= 4 is 34.5 Å². The lowest BCUT2D eigenvalue weighted by Crippen LogP contribution is -2.39. The first-order valence-electron chi connectivity index (χ1n) is 12.2. The van der Waals surface area contributed by atoms with Gasteiger partial charge in [-0.1, -0.05) is 13.8 Å². The topological polar surface area (TPSA) is 105 Å². The Morgan fingerprint density at radius 2 is 1.97 bits per heavy atom. The van der Waals surface area contributed by atoms with Crippen molar-refractivity contribution in [2.75, 3.05) is 31.5 Å². The van der Waals surface area contributed by atoms with Crippen molar-refractivity contribution in [2.45, 2.75) is 45.0 Å². The monoisotopic (exact) mass is 494 g/mol. The van der Waals surface area contributed by atoms with E-state index in [-0.39, 0.29) is 12.8 Å². The fourth-order valence-corrected chi connectivity index (χ4v) is 3.99. The molecule has 0 unspecified atom stereocenters. The Labute approximate surface area is 209 Å². The van der Waals surface area contributed by atoms with Gasteiger partial charge in [0.25, 0.3) is 5.92 Å². The zero-order chi connectivity index (χ0) is 25.5. The van der Waals surface area contributed by atoms with E-state index in [1.54, 1.807) is 18.6 Å². The molecule has 0 amide bonds. The minimum atomic E-state index is -2.51. The molecule has 0 saturated carbocycles. The van der Waals surface area contributed by atoms with E-state index in [0.29, 0.717) is 42.7 Å². The summed E-state index contributed by atoms with van der Waals surface area (Å²) in [5.74, 6) is -0.899. The van der Waals surface area contributed by atoms with Gasteiger partial charge >= 0.3 is 0 Å². The number of likely N-dealkylation sites (tertiary alicyclic amines) is 1. The number of alkyl halides is 2. The van der Waals surface area contributed by atoms with Gasteiger partial charge in [0.05, 0.1) is 17.2 Å². The highest BCUT2D eigenvalue weighted by Gasteiger charge is 2.33. The van der Waals surface area contributed by atoms with Gasteiger partial charge in [0, 0.05) is 62.2 Å². The zero-order valence-electron chi connectivity index (χ0n) is 20.7. The van der Waals surface area contributed by atoms with Crippen LogP contribution in [0.15, 0.2) is 47.9 Å². The zero-order valence-corrected chi connectivity index (χ0v) is 20.7. The minimum Gasteiger partial charge on any atom is -0.404 e. The lowest BCUT2D eigenvalue weighted by molar-refractivity contribution is -0.0550. The molecule has 0 aliphatic carbocycles. The number of nitrogens with two attached hydrogens (primary N) is 1. The molecule has 0 spiro atoms. The number of allylic oxidation sites excluding steroid dienone is 1. The molecule has 0 aromatic carbocycles. The number of halogens is 2.